The summed E-state index contributed by atoms with van der Waals surface area (Å²) in [6, 6.07) is 42.7. The Kier molecular flexibility index (Phi) is 8.15. The Morgan fingerprint density at radius 2 is 1.18 bits per heavy atom. The van der Waals surface area contributed by atoms with Gasteiger partial charge in [0.2, 0.25) is 0 Å². The third-order valence-corrected chi connectivity index (χ3v) is 7.29. The minimum atomic E-state index is 0.289. The average Bonchev–Trinajstić information content (AvgIpc) is 3.27. The fourth-order valence-corrected chi connectivity index (χ4v) is 5.50. The number of nitrogens with one attached hydrogen (secondary N) is 1. The van der Waals surface area contributed by atoms with E-state index in [0.717, 1.165) is 23.5 Å². The molecule has 0 saturated heterocycles. The van der Waals surface area contributed by atoms with Gasteiger partial charge in [0.25, 0.3) is 0 Å². The predicted molar refractivity (Wildman–Crippen MR) is 164 cm³/mol. The van der Waals surface area contributed by atoms with E-state index in [0.29, 0.717) is 6.54 Å². The van der Waals surface area contributed by atoms with Crippen molar-refractivity contribution in [1.29, 1.82) is 0 Å². The van der Waals surface area contributed by atoms with Crippen molar-refractivity contribution >= 4 is 17.2 Å². The molecule has 5 rings (SSSR count). The molecular formula is C35H34N2S. The van der Waals surface area contributed by atoms with Crippen LogP contribution in [0.15, 0.2) is 121 Å². The maximum absolute atomic E-state index is 6.19. The molecule has 2 nitrogen and oxygen atoms in total. The minimum absolute atomic E-state index is 0.289. The molecule has 0 radical (unpaired) electrons. The first kappa shape index (κ1) is 25.7. The molecule has 0 fully saturated rings. The molecule has 0 saturated carbocycles. The molecule has 0 spiro atoms. The zero-order chi connectivity index (χ0) is 26.3. The number of nitrogens with zero attached hydrogens (tertiary/aromatic N) is 1. The monoisotopic (exact) mass is 514 g/mol. The van der Waals surface area contributed by atoms with Gasteiger partial charge >= 0.3 is 0 Å². The van der Waals surface area contributed by atoms with Crippen molar-refractivity contribution in [2.24, 2.45) is 0 Å². The van der Waals surface area contributed by atoms with Gasteiger partial charge in [0.15, 0.2) is 0 Å². The number of benzene rings is 4. The van der Waals surface area contributed by atoms with Crippen LogP contribution in [0.1, 0.15) is 53.4 Å². The molecule has 1 aromatic heterocycles. The molecule has 0 amide bonds. The van der Waals surface area contributed by atoms with E-state index in [1.54, 1.807) is 0 Å². The predicted octanol–water partition coefficient (Wildman–Crippen LogP) is 8.38. The van der Waals surface area contributed by atoms with Crippen LogP contribution in [0, 0.1) is 0 Å². The van der Waals surface area contributed by atoms with Gasteiger partial charge < -0.3 is 9.88 Å². The van der Waals surface area contributed by atoms with Crippen LogP contribution in [0.5, 0.6) is 0 Å². The number of hydrogen-bond donors (Lipinski definition) is 1. The highest BCUT2D eigenvalue weighted by atomic mass is 32.1. The highest BCUT2D eigenvalue weighted by molar-refractivity contribution is 7.80. The quantitative estimate of drug-likeness (QED) is 0.199. The van der Waals surface area contributed by atoms with Crippen LogP contribution in [-0.2, 0) is 19.5 Å². The Balaban J connectivity index is 1.71. The molecule has 1 heterocycles. The summed E-state index contributed by atoms with van der Waals surface area (Å²) in [4.78, 5) is 0.803. The van der Waals surface area contributed by atoms with Gasteiger partial charge in [0.1, 0.15) is 4.99 Å². The van der Waals surface area contributed by atoms with Crippen LogP contribution in [-0.4, -0.2) is 9.56 Å². The lowest BCUT2D eigenvalue weighted by atomic mass is 9.95. The number of hydrogen-bond acceptors (Lipinski definition) is 1. The molecule has 0 atom stereocenters. The summed E-state index contributed by atoms with van der Waals surface area (Å²) >= 11 is 6.19. The van der Waals surface area contributed by atoms with Gasteiger partial charge in [0, 0.05) is 42.0 Å². The van der Waals surface area contributed by atoms with Gasteiger partial charge in [-0.15, -0.1) is 0 Å². The molecule has 3 heteroatoms. The van der Waals surface area contributed by atoms with Crippen LogP contribution >= 0.6 is 12.2 Å². The van der Waals surface area contributed by atoms with Crippen molar-refractivity contribution in [2.75, 3.05) is 0 Å². The third kappa shape index (κ3) is 5.79. The van der Waals surface area contributed by atoms with Crippen LogP contribution in [0.2, 0.25) is 0 Å². The number of thiocarbonyl (C=S) groups is 1. The lowest BCUT2D eigenvalue weighted by Crippen LogP contribution is -2.24. The third-order valence-electron chi connectivity index (χ3n) is 6.94. The first-order valence-corrected chi connectivity index (χ1v) is 13.7. The highest BCUT2D eigenvalue weighted by Crippen LogP contribution is 2.38. The van der Waals surface area contributed by atoms with Crippen molar-refractivity contribution in [3.8, 4) is 11.1 Å². The Labute approximate surface area is 232 Å². The van der Waals surface area contributed by atoms with Crippen LogP contribution in [0.25, 0.3) is 11.1 Å². The smallest absolute Gasteiger partial charge is 0.109 e. The standard InChI is InChI=1S/C35H34N2S/c1-26(2)34-33(35(38)36-24-28-17-9-4-10-18-28)32(30-21-13-6-14-22-30)31(23-27-15-7-3-8-16-27)37(34)25-29-19-11-5-12-20-29/h3-22,26H,23-25H2,1-2H3,(H,36,38). The summed E-state index contributed by atoms with van der Waals surface area (Å²) in [5, 5.41) is 3.61. The Morgan fingerprint density at radius 1 is 0.684 bits per heavy atom. The molecule has 0 bridgehead atoms. The molecule has 5 aromatic rings. The molecule has 0 aliphatic heterocycles. The molecule has 0 unspecified atom stereocenters. The van der Waals surface area contributed by atoms with E-state index in [4.69, 9.17) is 12.2 Å². The van der Waals surface area contributed by atoms with Gasteiger partial charge in [-0.25, -0.2) is 0 Å². The van der Waals surface area contributed by atoms with Crippen LogP contribution in [0.4, 0.5) is 0 Å². The SMILES string of the molecule is CC(C)c1c(C(=S)NCc2ccccc2)c(-c2ccccc2)c(Cc2ccccc2)n1Cc1ccccc1. The lowest BCUT2D eigenvalue weighted by Gasteiger charge is -2.18. The van der Waals surface area contributed by atoms with Gasteiger partial charge in [0.05, 0.1) is 0 Å². The van der Waals surface area contributed by atoms with E-state index in [1.165, 1.54) is 39.2 Å². The Morgan fingerprint density at radius 3 is 1.74 bits per heavy atom. The number of rotatable bonds is 9. The normalized spacial score (nSPS) is 11.0. The van der Waals surface area contributed by atoms with Crippen molar-refractivity contribution in [3.63, 3.8) is 0 Å². The second-order valence-electron chi connectivity index (χ2n) is 10.0. The zero-order valence-electron chi connectivity index (χ0n) is 22.1. The van der Waals surface area contributed by atoms with Crippen LogP contribution in [0.3, 0.4) is 0 Å². The lowest BCUT2D eigenvalue weighted by molar-refractivity contribution is 0.667. The van der Waals surface area contributed by atoms with Crippen LogP contribution < -0.4 is 5.32 Å². The Bertz CT molecular complexity index is 1470. The van der Waals surface area contributed by atoms with Crippen molar-refractivity contribution in [3.05, 3.63) is 155 Å². The van der Waals surface area contributed by atoms with Crippen molar-refractivity contribution in [2.45, 2.75) is 39.3 Å². The minimum Gasteiger partial charge on any atom is -0.372 e. The van der Waals surface area contributed by atoms with Gasteiger partial charge in [-0.05, 0) is 28.2 Å². The van der Waals surface area contributed by atoms with Gasteiger partial charge in [-0.2, -0.15) is 0 Å². The average molecular weight is 515 g/mol. The molecule has 190 valence electrons. The maximum atomic E-state index is 6.19. The van der Waals surface area contributed by atoms with E-state index in [9.17, 15) is 0 Å². The van der Waals surface area contributed by atoms with Crippen molar-refractivity contribution in [1.82, 2.24) is 9.88 Å². The van der Waals surface area contributed by atoms with Gasteiger partial charge in [-0.3, -0.25) is 0 Å². The van der Waals surface area contributed by atoms with E-state index in [2.05, 4.69) is 139 Å². The summed E-state index contributed by atoms with van der Waals surface area (Å²) in [5.74, 6) is 0.289. The first-order valence-electron chi connectivity index (χ1n) is 13.3. The fraction of sp³-hybridized carbons (Fsp3) is 0.171. The zero-order valence-corrected chi connectivity index (χ0v) is 22.9. The molecule has 38 heavy (non-hydrogen) atoms. The first-order chi connectivity index (χ1) is 18.6. The van der Waals surface area contributed by atoms with Gasteiger partial charge in [-0.1, -0.05) is 147 Å². The molecule has 0 aliphatic rings. The molecule has 0 aliphatic carbocycles. The summed E-state index contributed by atoms with van der Waals surface area (Å²) in [7, 11) is 0. The van der Waals surface area contributed by atoms with E-state index in [1.807, 2.05) is 6.07 Å². The molecule has 4 aromatic carbocycles. The number of aromatic nitrogens is 1. The largest absolute Gasteiger partial charge is 0.372 e. The second kappa shape index (κ2) is 12.1. The second-order valence-corrected chi connectivity index (χ2v) is 10.4. The maximum Gasteiger partial charge on any atom is 0.109 e. The summed E-state index contributed by atoms with van der Waals surface area (Å²) in [6.45, 7) is 6.06. The molecule has 1 N–H and O–H groups in total. The van der Waals surface area contributed by atoms with E-state index < -0.39 is 0 Å². The van der Waals surface area contributed by atoms with E-state index in [-0.39, 0.29) is 5.92 Å². The summed E-state index contributed by atoms with van der Waals surface area (Å²) < 4.78 is 2.53. The fourth-order valence-electron chi connectivity index (χ4n) is 5.22. The highest BCUT2D eigenvalue weighted by Gasteiger charge is 2.28. The topological polar surface area (TPSA) is 17.0 Å². The van der Waals surface area contributed by atoms with Crippen molar-refractivity contribution < 1.29 is 0 Å². The molecular weight excluding hydrogens is 480 g/mol. The Hall–Kier alpha value is -3.95. The van der Waals surface area contributed by atoms with E-state index >= 15 is 0 Å². The summed E-state index contributed by atoms with van der Waals surface area (Å²) in [5.41, 5.74) is 9.97. The summed E-state index contributed by atoms with van der Waals surface area (Å²) in [6.07, 6.45) is 0.832.